The predicted octanol–water partition coefficient (Wildman–Crippen LogP) is 3.04. The Labute approximate surface area is 75.8 Å². The standard InChI is InChI=1S/C9H10I/c1-2-4-8-5-3-6-9(10)7-8/h3,6-7H,2,4H2,1H3. The lowest BCUT2D eigenvalue weighted by Crippen LogP contribution is -1.82. The second-order valence-electron chi connectivity index (χ2n) is 2.28. The van der Waals surface area contributed by atoms with Gasteiger partial charge in [-0.1, -0.05) is 19.4 Å². The normalized spacial score (nSPS) is 9.80. The third kappa shape index (κ3) is 2.29. The van der Waals surface area contributed by atoms with E-state index in [0.29, 0.717) is 0 Å². The van der Waals surface area contributed by atoms with Gasteiger partial charge in [0.25, 0.3) is 0 Å². The van der Waals surface area contributed by atoms with Crippen LogP contribution in [0.15, 0.2) is 18.2 Å². The smallest absolute Gasteiger partial charge is 0.0133 e. The lowest BCUT2D eigenvalue weighted by molar-refractivity contribution is 0.919. The Bertz CT molecular complexity index is 206. The van der Waals surface area contributed by atoms with E-state index in [2.05, 4.69) is 47.7 Å². The van der Waals surface area contributed by atoms with Crippen molar-refractivity contribution in [3.05, 3.63) is 33.4 Å². The van der Waals surface area contributed by atoms with Gasteiger partial charge in [0.15, 0.2) is 0 Å². The summed E-state index contributed by atoms with van der Waals surface area (Å²) < 4.78 is 1.31. The van der Waals surface area contributed by atoms with Crippen LogP contribution in [-0.4, -0.2) is 0 Å². The molecule has 1 radical (unpaired) electrons. The van der Waals surface area contributed by atoms with Crippen LogP contribution in [0.4, 0.5) is 0 Å². The highest BCUT2D eigenvalue weighted by Gasteiger charge is 1.90. The van der Waals surface area contributed by atoms with Gasteiger partial charge in [0.2, 0.25) is 0 Å². The Hall–Kier alpha value is -0.0500. The lowest BCUT2D eigenvalue weighted by atomic mass is 10.1. The van der Waals surface area contributed by atoms with Gasteiger partial charge in [0, 0.05) is 3.57 Å². The summed E-state index contributed by atoms with van der Waals surface area (Å²) in [5, 5.41) is 0. The molecule has 0 atom stereocenters. The van der Waals surface area contributed by atoms with Gasteiger partial charge in [0.05, 0.1) is 0 Å². The molecule has 0 aliphatic carbocycles. The summed E-state index contributed by atoms with van der Waals surface area (Å²) in [6.07, 6.45) is 2.35. The molecule has 0 fully saturated rings. The Balaban J connectivity index is 2.75. The van der Waals surface area contributed by atoms with Gasteiger partial charge in [0.1, 0.15) is 0 Å². The third-order valence-electron chi connectivity index (χ3n) is 1.34. The minimum absolute atomic E-state index is 1.15. The average Bonchev–Trinajstić information content (AvgIpc) is 1.88. The quantitative estimate of drug-likeness (QED) is 0.702. The molecule has 10 heavy (non-hydrogen) atoms. The largest absolute Gasteiger partial charge is 0.0651 e. The molecular weight excluding hydrogens is 235 g/mol. The molecule has 1 aromatic rings. The highest BCUT2D eigenvalue weighted by Crippen LogP contribution is 2.08. The van der Waals surface area contributed by atoms with Crippen molar-refractivity contribution in [3.63, 3.8) is 0 Å². The van der Waals surface area contributed by atoms with Crippen molar-refractivity contribution in [2.75, 3.05) is 0 Å². The summed E-state index contributed by atoms with van der Waals surface area (Å²) in [5.41, 5.74) is 1.33. The van der Waals surface area contributed by atoms with E-state index in [4.69, 9.17) is 0 Å². The van der Waals surface area contributed by atoms with Gasteiger partial charge < -0.3 is 0 Å². The molecule has 0 bridgehead atoms. The van der Waals surface area contributed by atoms with Gasteiger partial charge >= 0.3 is 0 Å². The highest BCUT2D eigenvalue weighted by atomic mass is 127. The van der Waals surface area contributed by atoms with Crippen LogP contribution >= 0.6 is 22.6 Å². The molecule has 0 amide bonds. The first-order chi connectivity index (χ1) is 4.83. The van der Waals surface area contributed by atoms with Gasteiger partial charge in [-0.2, -0.15) is 0 Å². The summed E-state index contributed by atoms with van der Waals surface area (Å²) in [6, 6.07) is 9.45. The van der Waals surface area contributed by atoms with Crippen LogP contribution in [0.2, 0.25) is 0 Å². The summed E-state index contributed by atoms with van der Waals surface area (Å²) in [6.45, 7) is 2.19. The molecule has 1 heteroatoms. The van der Waals surface area contributed by atoms with E-state index in [1.165, 1.54) is 15.6 Å². The maximum atomic E-state index is 3.21. The fourth-order valence-corrected chi connectivity index (χ4v) is 1.45. The van der Waals surface area contributed by atoms with Crippen LogP contribution in [0.25, 0.3) is 0 Å². The molecule has 0 saturated heterocycles. The number of hydrogen-bond donors (Lipinski definition) is 0. The van der Waals surface area contributed by atoms with Gasteiger partial charge in [-0.15, -0.1) is 0 Å². The molecule has 0 spiro atoms. The molecule has 0 nitrogen and oxygen atoms in total. The van der Waals surface area contributed by atoms with E-state index in [0.717, 1.165) is 6.42 Å². The molecule has 0 aliphatic heterocycles. The first kappa shape index (κ1) is 8.05. The number of hydrogen-bond acceptors (Lipinski definition) is 0. The maximum absolute atomic E-state index is 3.21. The topological polar surface area (TPSA) is 0 Å². The zero-order valence-corrected chi connectivity index (χ0v) is 8.18. The second kappa shape index (κ2) is 3.96. The van der Waals surface area contributed by atoms with Crippen molar-refractivity contribution in [2.24, 2.45) is 0 Å². The molecule has 0 saturated carbocycles. The molecule has 0 aromatic heterocycles. The Morgan fingerprint density at radius 2 is 2.40 bits per heavy atom. The van der Waals surface area contributed by atoms with Crippen LogP contribution < -0.4 is 0 Å². The van der Waals surface area contributed by atoms with Gasteiger partial charge in [-0.25, -0.2) is 0 Å². The fraction of sp³-hybridized carbons (Fsp3) is 0.333. The number of halogens is 1. The van der Waals surface area contributed by atoms with Gasteiger partial charge in [-0.3, -0.25) is 0 Å². The van der Waals surface area contributed by atoms with Gasteiger partial charge in [-0.05, 0) is 52.8 Å². The fourth-order valence-electron chi connectivity index (χ4n) is 0.898. The second-order valence-corrected chi connectivity index (χ2v) is 3.53. The Morgan fingerprint density at radius 3 is 3.00 bits per heavy atom. The number of aryl methyl sites for hydroxylation is 1. The van der Waals surface area contributed by atoms with Crippen molar-refractivity contribution in [1.29, 1.82) is 0 Å². The SMILES string of the molecule is CCCc1[c]ccc(I)c1. The molecule has 1 rings (SSSR count). The van der Waals surface area contributed by atoms with Crippen molar-refractivity contribution < 1.29 is 0 Å². The molecular formula is C9H10I. The van der Waals surface area contributed by atoms with E-state index in [1.807, 2.05) is 6.07 Å². The Morgan fingerprint density at radius 1 is 1.60 bits per heavy atom. The summed E-state index contributed by atoms with van der Waals surface area (Å²) in [5.74, 6) is 0. The minimum Gasteiger partial charge on any atom is -0.0651 e. The van der Waals surface area contributed by atoms with E-state index < -0.39 is 0 Å². The van der Waals surface area contributed by atoms with Crippen LogP contribution in [0.5, 0.6) is 0 Å². The zero-order chi connectivity index (χ0) is 7.40. The monoisotopic (exact) mass is 245 g/mol. The lowest BCUT2D eigenvalue weighted by Gasteiger charge is -1.96. The summed E-state index contributed by atoms with van der Waals surface area (Å²) in [4.78, 5) is 0. The molecule has 1 aromatic carbocycles. The molecule has 53 valence electrons. The van der Waals surface area contributed by atoms with Crippen LogP contribution in [0.3, 0.4) is 0 Å². The maximum Gasteiger partial charge on any atom is 0.0133 e. The van der Waals surface area contributed by atoms with Crippen molar-refractivity contribution >= 4 is 22.6 Å². The predicted molar refractivity (Wildman–Crippen MR) is 52.0 cm³/mol. The minimum atomic E-state index is 1.15. The third-order valence-corrected chi connectivity index (χ3v) is 2.01. The van der Waals surface area contributed by atoms with Crippen LogP contribution in [0.1, 0.15) is 18.9 Å². The summed E-state index contributed by atoms with van der Waals surface area (Å²) >= 11 is 2.33. The average molecular weight is 245 g/mol. The van der Waals surface area contributed by atoms with E-state index in [-0.39, 0.29) is 0 Å². The molecule has 0 unspecified atom stereocenters. The molecule has 0 N–H and O–H groups in total. The molecule has 0 heterocycles. The highest BCUT2D eigenvalue weighted by molar-refractivity contribution is 14.1. The van der Waals surface area contributed by atoms with Crippen molar-refractivity contribution in [1.82, 2.24) is 0 Å². The number of rotatable bonds is 2. The summed E-state index contributed by atoms with van der Waals surface area (Å²) in [7, 11) is 0. The Kier molecular flexibility index (Phi) is 3.19. The zero-order valence-electron chi connectivity index (χ0n) is 6.02. The van der Waals surface area contributed by atoms with Crippen LogP contribution in [-0.2, 0) is 6.42 Å². The first-order valence-corrected chi connectivity index (χ1v) is 4.57. The van der Waals surface area contributed by atoms with E-state index in [9.17, 15) is 0 Å². The van der Waals surface area contributed by atoms with Crippen molar-refractivity contribution in [3.8, 4) is 0 Å². The van der Waals surface area contributed by atoms with E-state index in [1.54, 1.807) is 0 Å². The van der Waals surface area contributed by atoms with Crippen LogP contribution in [0, 0.1) is 9.64 Å². The van der Waals surface area contributed by atoms with Crippen molar-refractivity contribution in [2.45, 2.75) is 19.8 Å². The van der Waals surface area contributed by atoms with E-state index >= 15 is 0 Å². The molecule has 0 aliphatic rings. The first-order valence-electron chi connectivity index (χ1n) is 3.49. The number of benzene rings is 1.